The van der Waals surface area contributed by atoms with Gasteiger partial charge in [0.05, 0.1) is 27.1 Å². The highest BCUT2D eigenvalue weighted by Crippen LogP contribution is 2.36. The zero-order chi connectivity index (χ0) is 24.6. The van der Waals surface area contributed by atoms with Crippen molar-refractivity contribution in [3.63, 3.8) is 0 Å². The third-order valence-corrected chi connectivity index (χ3v) is 7.17. The van der Waals surface area contributed by atoms with E-state index in [0.29, 0.717) is 24.1 Å². The topological polar surface area (TPSA) is 87.5 Å². The van der Waals surface area contributed by atoms with Crippen LogP contribution in [0.2, 0.25) is 0 Å². The summed E-state index contributed by atoms with van der Waals surface area (Å²) in [7, 11) is 4.85. The molecule has 1 amide bonds. The van der Waals surface area contributed by atoms with E-state index in [1.54, 1.807) is 21.3 Å². The number of methoxy groups -OCH3 is 3. The van der Waals surface area contributed by atoms with E-state index in [4.69, 9.17) is 14.2 Å². The van der Waals surface area contributed by atoms with Crippen LogP contribution in [0.15, 0.2) is 47.6 Å². The summed E-state index contributed by atoms with van der Waals surface area (Å²) in [5, 5.41) is 12.8. The molecule has 0 radical (unpaired) electrons. The van der Waals surface area contributed by atoms with Crippen LogP contribution < -0.4 is 19.5 Å². The minimum absolute atomic E-state index is 0.0611. The van der Waals surface area contributed by atoms with Crippen molar-refractivity contribution in [1.29, 1.82) is 0 Å². The Morgan fingerprint density at radius 2 is 1.71 bits per heavy atom. The predicted octanol–water partition coefficient (Wildman–Crippen LogP) is 4.88. The Bertz CT molecular complexity index is 1130. The molecule has 1 fully saturated rings. The fourth-order valence-electron chi connectivity index (χ4n) is 4.35. The van der Waals surface area contributed by atoms with E-state index in [-0.39, 0.29) is 11.7 Å². The fraction of sp³-hybridized carbons (Fsp3) is 0.423. The fourth-order valence-corrected chi connectivity index (χ4v) is 5.19. The number of thioether (sulfide) groups is 1. The van der Waals surface area contributed by atoms with Crippen molar-refractivity contribution in [2.24, 2.45) is 0 Å². The van der Waals surface area contributed by atoms with Gasteiger partial charge in [0.15, 0.2) is 22.5 Å². The van der Waals surface area contributed by atoms with Crippen LogP contribution in [0.25, 0.3) is 11.4 Å². The Kier molecular flexibility index (Phi) is 8.52. The molecule has 9 heteroatoms. The normalized spacial score (nSPS) is 13.9. The third-order valence-electron chi connectivity index (χ3n) is 6.22. The Balaban J connectivity index is 1.44. The molecule has 0 aliphatic heterocycles. The molecule has 3 aromatic rings. The van der Waals surface area contributed by atoms with Gasteiger partial charge in [-0.2, -0.15) is 0 Å². The lowest BCUT2D eigenvalue weighted by atomic mass is 9.95. The van der Waals surface area contributed by atoms with Crippen LogP contribution in [0.3, 0.4) is 0 Å². The van der Waals surface area contributed by atoms with Gasteiger partial charge in [0.1, 0.15) is 5.75 Å². The third kappa shape index (κ3) is 6.08. The van der Waals surface area contributed by atoms with E-state index in [1.165, 1.54) is 31.0 Å². The van der Waals surface area contributed by atoms with Gasteiger partial charge in [-0.1, -0.05) is 37.1 Å². The van der Waals surface area contributed by atoms with E-state index >= 15 is 0 Å². The summed E-state index contributed by atoms with van der Waals surface area (Å²) in [5.41, 5.74) is 1.93. The summed E-state index contributed by atoms with van der Waals surface area (Å²) in [6.45, 7) is 0.409. The first-order valence-electron chi connectivity index (χ1n) is 11.8. The van der Waals surface area contributed by atoms with Crippen molar-refractivity contribution in [2.75, 3.05) is 27.1 Å². The lowest BCUT2D eigenvalue weighted by Gasteiger charge is -2.25. The van der Waals surface area contributed by atoms with Crippen molar-refractivity contribution < 1.29 is 19.0 Å². The number of carbonyl (C=O) groups excluding carboxylic acids is 1. The summed E-state index contributed by atoms with van der Waals surface area (Å²) < 4.78 is 18.1. The summed E-state index contributed by atoms with van der Waals surface area (Å²) >= 11 is 1.43. The zero-order valence-electron chi connectivity index (χ0n) is 20.5. The van der Waals surface area contributed by atoms with Gasteiger partial charge < -0.3 is 19.5 Å². The van der Waals surface area contributed by atoms with Crippen molar-refractivity contribution in [3.8, 4) is 28.6 Å². The molecule has 35 heavy (non-hydrogen) atoms. The first-order chi connectivity index (χ1) is 17.1. The Hall–Kier alpha value is -3.20. The van der Waals surface area contributed by atoms with Gasteiger partial charge in [-0.15, -0.1) is 10.2 Å². The number of hydrogen-bond donors (Lipinski definition) is 1. The highest BCUT2D eigenvalue weighted by atomic mass is 32.2. The molecule has 8 nitrogen and oxygen atoms in total. The van der Waals surface area contributed by atoms with Crippen LogP contribution in [0, 0.1) is 0 Å². The zero-order valence-corrected chi connectivity index (χ0v) is 21.3. The standard InChI is InChI=1S/C26H32N4O4S/c1-32-21-12-10-19(11-13-21)25-28-29-26(30(25)20-7-5-4-6-8-20)35-17-24(31)27-16-18-9-14-22(33-2)23(15-18)34-3/h9-15,20H,4-8,16-17H2,1-3H3,(H,27,31). The van der Waals surface area contributed by atoms with E-state index < -0.39 is 0 Å². The van der Waals surface area contributed by atoms with Crippen LogP contribution in [0.5, 0.6) is 17.2 Å². The SMILES string of the molecule is COc1ccc(-c2nnc(SCC(=O)NCc3ccc(OC)c(OC)c3)n2C2CCCCC2)cc1. The second kappa shape index (κ2) is 12.0. The number of benzene rings is 2. The van der Waals surface area contributed by atoms with Crippen molar-refractivity contribution in [3.05, 3.63) is 48.0 Å². The minimum Gasteiger partial charge on any atom is -0.497 e. The van der Waals surface area contributed by atoms with Crippen LogP contribution in [0.1, 0.15) is 43.7 Å². The first-order valence-corrected chi connectivity index (χ1v) is 12.8. The van der Waals surface area contributed by atoms with Crippen LogP contribution in [-0.4, -0.2) is 47.8 Å². The average molecular weight is 497 g/mol. The molecule has 2 aromatic carbocycles. The molecule has 1 heterocycles. The maximum Gasteiger partial charge on any atom is 0.230 e. The van der Waals surface area contributed by atoms with Gasteiger partial charge in [-0.05, 0) is 54.8 Å². The monoisotopic (exact) mass is 496 g/mol. The van der Waals surface area contributed by atoms with E-state index in [1.807, 2.05) is 42.5 Å². The predicted molar refractivity (Wildman–Crippen MR) is 136 cm³/mol. The van der Waals surface area contributed by atoms with Crippen molar-refractivity contribution in [1.82, 2.24) is 20.1 Å². The molecular weight excluding hydrogens is 464 g/mol. The van der Waals surface area contributed by atoms with Crippen LogP contribution >= 0.6 is 11.8 Å². The van der Waals surface area contributed by atoms with Gasteiger partial charge in [0.25, 0.3) is 0 Å². The van der Waals surface area contributed by atoms with E-state index in [0.717, 1.165) is 40.7 Å². The molecule has 0 saturated heterocycles. The second-order valence-electron chi connectivity index (χ2n) is 8.45. The molecule has 1 N–H and O–H groups in total. The quantitative estimate of drug-likeness (QED) is 0.400. The summed E-state index contributed by atoms with van der Waals surface area (Å²) in [6, 6.07) is 13.8. The molecule has 1 saturated carbocycles. The number of aromatic nitrogens is 3. The smallest absolute Gasteiger partial charge is 0.230 e. The van der Waals surface area contributed by atoms with Gasteiger partial charge >= 0.3 is 0 Å². The number of hydrogen-bond acceptors (Lipinski definition) is 7. The van der Waals surface area contributed by atoms with Gasteiger partial charge in [0.2, 0.25) is 5.91 Å². The minimum atomic E-state index is -0.0611. The summed E-state index contributed by atoms with van der Waals surface area (Å²) in [4.78, 5) is 12.6. The van der Waals surface area contributed by atoms with E-state index in [9.17, 15) is 4.79 Å². The molecule has 0 unspecified atom stereocenters. The largest absolute Gasteiger partial charge is 0.497 e. The number of carbonyl (C=O) groups is 1. The molecule has 1 aromatic heterocycles. The first kappa shape index (κ1) is 24.9. The number of nitrogens with one attached hydrogen (secondary N) is 1. The highest BCUT2D eigenvalue weighted by Gasteiger charge is 2.24. The molecule has 186 valence electrons. The molecule has 4 rings (SSSR count). The van der Waals surface area contributed by atoms with Crippen LogP contribution in [-0.2, 0) is 11.3 Å². The van der Waals surface area contributed by atoms with Gasteiger partial charge in [-0.25, -0.2) is 0 Å². The van der Waals surface area contributed by atoms with Gasteiger partial charge in [0, 0.05) is 18.2 Å². The van der Waals surface area contributed by atoms with Crippen molar-refractivity contribution >= 4 is 17.7 Å². The average Bonchev–Trinajstić information content (AvgIpc) is 3.35. The summed E-state index contributed by atoms with van der Waals surface area (Å²) in [6.07, 6.45) is 5.85. The molecule has 1 aliphatic carbocycles. The molecular formula is C26H32N4O4S. The molecule has 0 spiro atoms. The molecule has 0 bridgehead atoms. The number of nitrogens with zero attached hydrogens (tertiary/aromatic N) is 3. The lowest BCUT2D eigenvalue weighted by Crippen LogP contribution is -2.25. The van der Waals surface area contributed by atoms with Gasteiger partial charge in [-0.3, -0.25) is 9.36 Å². The maximum atomic E-state index is 12.6. The Morgan fingerprint density at radius 3 is 2.40 bits per heavy atom. The van der Waals surface area contributed by atoms with Crippen LogP contribution in [0.4, 0.5) is 0 Å². The van der Waals surface area contributed by atoms with Crippen molar-refractivity contribution in [2.45, 2.75) is 49.8 Å². The number of ether oxygens (including phenoxy) is 3. The second-order valence-corrected chi connectivity index (χ2v) is 9.39. The Labute approximate surface area is 210 Å². The lowest BCUT2D eigenvalue weighted by molar-refractivity contribution is -0.118. The summed E-state index contributed by atoms with van der Waals surface area (Å²) in [5.74, 6) is 3.15. The molecule has 0 atom stereocenters. The number of amides is 1. The maximum absolute atomic E-state index is 12.6. The molecule has 1 aliphatic rings. The number of rotatable bonds is 10. The van der Waals surface area contributed by atoms with E-state index in [2.05, 4.69) is 20.1 Å². The Morgan fingerprint density at radius 1 is 0.971 bits per heavy atom. The highest BCUT2D eigenvalue weighted by molar-refractivity contribution is 7.99.